The van der Waals surface area contributed by atoms with Gasteiger partial charge in [0.25, 0.3) is 0 Å². The van der Waals surface area contributed by atoms with Crippen LogP contribution < -0.4 is 0 Å². The first-order valence-corrected chi connectivity index (χ1v) is 21.3. The van der Waals surface area contributed by atoms with Gasteiger partial charge in [0.15, 0.2) is 5.82 Å². The highest BCUT2D eigenvalue weighted by molar-refractivity contribution is 6.12. The second-order valence-electron chi connectivity index (χ2n) is 14.6. The minimum absolute atomic E-state index is 0.664. The molecule has 0 atom stereocenters. The Bertz CT molecular complexity index is 3410. The molecule has 0 aliphatic carbocycles. The zero-order chi connectivity index (χ0) is 41.5. The number of para-hydroxylation sites is 5. The Morgan fingerprint density at radius 3 is 1.08 bits per heavy atom. The van der Waals surface area contributed by atoms with Crippen LogP contribution in [0.15, 0.2) is 200 Å². The van der Waals surface area contributed by atoms with E-state index in [1.165, 1.54) is 43.5 Å². The fourth-order valence-electron chi connectivity index (χ4n) is 8.94. The van der Waals surface area contributed by atoms with Gasteiger partial charge < -0.3 is 4.57 Å². The zero-order valence-corrected chi connectivity index (χ0v) is 34.8. The van der Waals surface area contributed by atoms with Gasteiger partial charge in [0.05, 0.1) is 33.1 Å². The van der Waals surface area contributed by atoms with Crippen LogP contribution in [0.1, 0.15) is 27.7 Å². The quantitative estimate of drug-likeness (QED) is 0.174. The van der Waals surface area contributed by atoms with E-state index < -0.39 is 0 Å². The monoisotopic (exact) mass is 787 g/mol. The van der Waals surface area contributed by atoms with Gasteiger partial charge in [-0.05, 0) is 59.7 Å². The van der Waals surface area contributed by atoms with Crippen LogP contribution in [0, 0.1) is 0 Å². The standard InChI is InChI=1S/C52H33N5.2C2H6/c1-2-14-34(15-3-1)35-26-28-36(29-27-35)52-53-50(56-46-23-11-6-18-40(46)41-19-7-12-24-47(41)56)33-51(54-52)57-48-25-13-8-20-42(48)43-32-37(30-31-49(43)57)55-44-21-9-4-16-38(44)39-17-5-10-22-45(39)55;2*1-2/h1-33H;2*1-2H3. The van der Waals surface area contributed by atoms with Crippen LogP contribution in [-0.4, -0.2) is 23.7 Å². The van der Waals surface area contributed by atoms with Crippen molar-refractivity contribution >= 4 is 65.4 Å². The molecule has 8 aromatic carbocycles. The normalized spacial score (nSPS) is 11.3. The van der Waals surface area contributed by atoms with E-state index in [2.05, 4.69) is 208 Å². The maximum Gasteiger partial charge on any atom is 0.163 e. The van der Waals surface area contributed by atoms with Crippen LogP contribution >= 0.6 is 0 Å². The molecular weight excluding hydrogens is 743 g/mol. The van der Waals surface area contributed by atoms with Crippen molar-refractivity contribution in [3.05, 3.63) is 200 Å². The largest absolute Gasteiger partial charge is 0.309 e. The van der Waals surface area contributed by atoms with Crippen molar-refractivity contribution in [2.24, 2.45) is 0 Å². The van der Waals surface area contributed by atoms with E-state index in [1.54, 1.807) is 0 Å². The maximum atomic E-state index is 5.41. The molecule has 0 bridgehead atoms. The summed E-state index contributed by atoms with van der Waals surface area (Å²) in [6.07, 6.45) is 0. The van der Waals surface area contributed by atoms with Gasteiger partial charge in [0, 0.05) is 49.6 Å². The van der Waals surface area contributed by atoms with Crippen molar-refractivity contribution in [2.75, 3.05) is 0 Å². The average Bonchev–Trinajstić information content (AvgIpc) is 3.99. The summed E-state index contributed by atoms with van der Waals surface area (Å²) in [6.45, 7) is 8.00. The summed E-state index contributed by atoms with van der Waals surface area (Å²) in [5.74, 6) is 2.28. The lowest BCUT2D eigenvalue weighted by Gasteiger charge is -2.14. The van der Waals surface area contributed by atoms with Crippen LogP contribution in [-0.2, 0) is 0 Å². The second-order valence-corrected chi connectivity index (χ2v) is 14.6. The van der Waals surface area contributed by atoms with Crippen LogP contribution in [0.3, 0.4) is 0 Å². The van der Waals surface area contributed by atoms with E-state index in [1.807, 2.05) is 33.8 Å². The molecule has 61 heavy (non-hydrogen) atoms. The topological polar surface area (TPSA) is 40.6 Å². The van der Waals surface area contributed by atoms with E-state index in [4.69, 9.17) is 9.97 Å². The molecule has 294 valence electrons. The molecule has 0 spiro atoms. The smallest absolute Gasteiger partial charge is 0.163 e. The summed E-state index contributed by atoms with van der Waals surface area (Å²) >= 11 is 0. The first-order valence-electron chi connectivity index (χ1n) is 21.3. The van der Waals surface area contributed by atoms with Crippen LogP contribution in [0.25, 0.3) is 105 Å². The molecule has 0 unspecified atom stereocenters. The number of hydrogen-bond donors (Lipinski definition) is 0. The molecule has 0 saturated heterocycles. The van der Waals surface area contributed by atoms with Crippen LogP contribution in [0.5, 0.6) is 0 Å². The van der Waals surface area contributed by atoms with E-state index >= 15 is 0 Å². The van der Waals surface area contributed by atoms with Crippen LogP contribution in [0.4, 0.5) is 0 Å². The summed E-state index contributed by atoms with van der Waals surface area (Å²) < 4.78 is 6.98. The van der Waals surface area contributed by atoms with Crippen molar-refractivity contribution < 1.29 is 0 Å². The lowest BCUT2D eigenvalue weighted by Crippen LogP contribution is -2.06. The highest BCUT2D eigenvalue weighted by Crippen LogP contribution is 2.38. The average molecular weight is 788 g/mol. The summed E-state index contributed by atoms with van der Waals surface area (Å²) in [6, 6.07) is 71.3. The Morgan fingerprint density at radius 2 is 0.623 bits per heavy atom. The fourth-order valence-corrected chi connectivity index (χ4v) is 8.94. The van der Waals surface area contributed by atoms with E-state index in [0.717, 1.165) is 55.9 Å². The second kappa shape index (κ2) is 15.8. The first-order chi connectivity index (χ1) is 30.3. The van der Waals surface area contributed by atoms with E-state index in [-0.39, 0.29) is 0 Å². The number of fused-ring (bicyclic) bond motifs is 9. The number of rotatable bonds is 5. The summed E-state index contributed by atoms with van der Waals surface area (Å²) in [5.41, 5.74) is 11.2. The van der Waals surface area contributed by atoms with Crippen molar-refractivity contribution in [3.63, 3.8) is 0 Å². The Hall–Kier alpha value is -7.76. The predicted octanol–water partition coefficient (Wildman–Crippen LogP) is 15.2. The number of benzene rings is 8. The molecule has 12 rings (SSSR count). The van der Waals surface area contributed by atoms with E-state index in [0.29, 0.717) is 5.82 Å². The van der Waals surface area contributed by atoms with Crippen LogP contribution in [0.2, 0.25) is 0 Å². The number of aromatic nitrogens is 5. The third kappa shape index (κ3) is 6.17. The highest BCUT2D eigenvalue weighted by Gasteiger charge is 2.20. The molecule has 0 radical (unpaired) electrons. The number of nitrogens with zero attached hydrogens (tertiary/aromatic N) is 5. The Morgan fingerprint density at radius 1 is 0.279 bits per heavy atom. The predicted molar refractivity (Wildman–Crippen MR) is 259 cm³/mol. The number of hydrogen-bond acceptors (Lipinski definition) is 2. The lowest BCUT2D eigenvalue weighted by molar-refractivity contribution is 0.994. The molecule has 5 heteroatoms. The molecule has 0 aliphatic heterocycles. The molecule has 0 N–H and O–H groups in total. The third-order valence-corrected chi connectivity index (χ3v) is 11.5. The molecule has 4 heterocycles. The zero-order valence-electron chi connectivity index (χ0n) is 34.8. The minimum atomic E-state index is 0.664. The Kier molecular flexibility index (Phi) is 9.70. The highest BCUT2D eigenvalue weighted by atomic mass is 15.1. The van der Waals surface area contributed by atoms with Gasteiger partial charge in [-0.25, -0.2) is 9.97 Å². The van der Waals surface area contributed by atoms with Crippen molar-refractivity contribution in [1.82, 2.24) is 23.7 Å². The van der Waals surface area contributed by atoms with Gasteiger partial charge in [0.2, 0.25) is 0 Å². The summed E-state index contributed by atoms with van der Waals surface area (Å²) in [7, 11) is 0. The van der Waals surface area contributed by atoms with Gasteiger partial charge in [-0.2, -0.15) is 0 Å². The SMILES string of the molecule is CC.CC.c1ccc(-c2ccc(-c3nc(-n4c5ccccc5c5ccccc54)cc(-n4c5ccccc5c5cc(-n6c7ccccc7c7ccccc76)ccc54)n3)cc2)cc1. The molecular formula is C56H45N5. The van der Waals surface area contributed by atoms with Gasteiger partial charge in [0.1, 0.15) is 11.6 Å². The molecule has 12 aromatic rings. The molecule has 0 saturated carbocycles. The first kappa shape index (κ1) is 37.5. The molecule has 0 amide bonds. The summed E-state index contributed by atoms with van der Waals surface area (Å²) in [4.78, 5) is 10.8. The lowest BCUT2D eigenvalue weighted by atomic mass is 10.0. The summed E-state index contributed by atoms with van der Waals surface area (Å²) in [5, 5.41) is 7.21. The third-order valence-electron chi connectivity index (χ3n) is 11.5. The Balaban J connectivity index is 0.00000108. The molecule has 0 aliphatic rings. The van der Waals surface area contributed by atoms with E-state index in [9.17, 15) is 0 Å². The molecule has 4 aromatic heterocycles. The van der Waals surface area contributed by atoms with Crippen molar-refractivity contribution in [2.45, 2.75) is 27.7 Å². The van der Waals surface area contributed by atoms with Crippen molar-refractivity contribution in [1.29, 1.82) is 0 Å². The van der Waals surface area contributed by atoms with Gasteiger partial charge in [-0.15, -0.1) is 0 Å². The van der Waals surface area contributed by atoms with Crippen molar-refractivity contribution in [3.8, 4) is 39.8 Å². The van der Waals surface area contributed by atoms with Gasteiger partial charge in [-0.3, -0.25) is 9.13 Å². The maximum absolute atomic E-state index is 5.41. The molecule has 0 fully saturated rings. The minimum Gasteiger partial charge on any atom is -0.309 e. The molecule has 5 nitrogen and oxygen atoms in total. The Labute approximate surface area is 355 Å². The van der Waals surface area contributed by atoms with Gasteiger partial charge >= 0.3 is 0 Å². The van der Waals surface area contributed by atoms with Gasteiger partial charge in [-0.1, -0.05) is 173 Å². The fraction of sp³-hybridized carbons (Fsp3) is 0.0714.